The van der Waals surface area contributed by atoms with E-state index in [9.17, 15) is 4.79 Å². The third-order valence-electron chi connectivity index (χ3n) is 4.23. The van der Waals surface area contributed by atoms with E-state index < -0.39 is 0 Å². The van der Waals surface area contributed by atoms with Crippen LogP contribution in [0.2, 0.25) is 0 Å². The van der Waals surface area contributed by atoms with Crippen molar-refractivity contribution < 1.29 is 4.79 Å². The van der Waals surface area contributed by atoms with Gasteiger partial charge in [-0.1, -0.05) is 51.1 Å². The quantitative estimate of drug-likeness (QED) is 0.695. The molecule has 1 saturated heterocycles. The Kier molecular flexibility index (Phi) is 3.29. The van der Waals surface area contributed by atoms with E-state index in [-0.39, 0.29) is 7.92 Å². The van der Waals surface area contributed by atoms with E-state index in [1.54, 1.807) is 0 Å². The normalized spacial score (nSPS) is 33.2. The molecule has 3 atom stereocenters. The molecule has 3 unspecified atom stereocenters. The summed E-state index contributed by atoms with van der Waals surface area (Å²) in [6.45, 7) is 0. The van der Waals surface area contributed by atoms with Crippen molar-refractivity contribution in [1.29, 1.82) is 0 Å². The highest BCUT2D eigenvalue weighted by molar-refractivity contribution is 7.66. The van der Waals surface area contributed by atoms with Crippen molar-refractivity contribution in [1.82, 2.24) is 0 Å². The molecule has 0 aromatic heterocycles. The van der Waals surface area contributed by atoms with Gasteiger partial charge in [0.15, 0.2) is 0 Å². The van der Waals surface area contributed by atoms with E-state index in [1.807, 2.05) is 0 Å². The van der Waals surface area contributed by atoms with E-state index in [0.29, 0.717) is 17.4 Å². The molecule has 2 heteroatoms. The van der Waals surface area contributed by atoms with Crippen LogP contribution in [0.1, 0.15) is 32.1 Å². The van der Waals surface area contributed by atoms with Crippen molar-refractivity contribution >= 4 is 19.0 Å². The molecule has 1 saturated carbocycles. The number of Topliss-reactive ketones (excluding diaryl/α,β-unsaturated/α-hetero) is 1. The molecule has 2 fully saturated rings. The SMILES string of the molecule is O=C1CCP(c2ccccc2)C2CCCCC12. The largest absolute Gasteiger partial charge is 0.299 e. The lowest BCUT2D eigenvalue weighted by molar-refractivity contribution is -0.123. The lowest BCUT2D eigenvalue weighted by Crippen LogP contribution is -2.37. The number of benzene rings is 1. The summed E-state index contributed by atoms with van der Waals surface area (Å²) in [5.74, 6) is 0.966. The molecule has 0 radical (unpaired) electrons. The van der Waals surface area contributed by atoms with Crippen LogP contribution in [-0.4, -0.2) is 17.6 Å². The van der Waals surface area contributed by atoms with Gasteiger partial charge in [0.2, 0.25) is 0 Å². The predicted molar refractivity (Wildman–Crippen MR) is 73.2 cm³/mol. The number of hydrogen-bond acceptors (Lipinski definition) is 1. The lowest BCUT2D eigenvalue weighted by atomic mass is 9.84. The molecular weight excluding hydrogens is 227 g/mol. The summed E-state index contributed by atoms with van der Waals surface area (Å²) >= 11 is 0. The molecule has 90 valence electrons. The zero-order chi connectivity index (χ0) is 11.7. The third kappa shape index (κ3) is 2.18. The van der Waals surface area contributed by atoms with Gasteiger partial charge in [-0.2, -0.15) is 0 Å². The molecular formula is C15H19OP. The van der Waals surface area contributed by atoms with E-state index in [4.69, 9.17) is 0 Å². The van der Waals surface area contributed by atoms with Gasteiger partial charge in [-0.15, -0.1) is 0 Å². The molecule has 0 spiro atoms. The Bertz CT molecular complexity index is 401. The van der Waals surface area contributed by atoms with E-state index in [2.05, 4.69) is 30.3 Å². The highest BCUT2D eigenvalue weighted by atomic mass is 31.1. The molecule has 2 aliphatic rings. The molecule has 0 bridgehead atoms. The topological polar surface area (TPSA) is 17.1 Å². The molecule has 1 aromatic carbocycles. The highest BCUT2D eigenvalue weighted by Crippen LogP contribution is 2.53. The number of carbonyl (C=O) groups is 1. The third-order valence-corrected chi connectivity index (χ3v) is 7.32. The van der Waals surface area contributed by atoms with Crippen molar-refractivity contribution in [2.24, 2.45) is 5.92 Å². The summed E-state index contributed by atoms with van der Waals surface area (Å²) in [7, 11) is -0.0717. The first kappa shape index (κ1) is 11.4. The molecule has 0 amide bonds. The zero-order valence-corrected chi connectivity index (χ0v) is 11.0. The van der Waals surface area contributed by atoms with Gasteiger partial charge in [-0.05, 0) is 30.0 Å². The van der Waals surface area contributed by atoms with Crippen LogP contribution in [0.15, 0.2) is 30.3 Å². The second kappa shape index (κ2) is 4.90. The van der Waals surface area contributed by atoms with E-state index >= 15 is 0 Å². The first-order valence-electron chi connectivity index (χ1n) is 6.70. The van der Waals surface area contributed by atoms with Crippen LogP contribution < -0.4 is 5.30 Å². The number of carbonyl (C=O) groups excluding carboxylic acids is 1. The molecule has 1 nitrogen and oxygen atoms in total. The fourth-order valence-corrected chi connectivity index (χ4v) is 6.62. The van der Waals surface area contributed by atoms with Crippen molar-refractivity contribution in [2.45, 2.75) is 37.8 Å². The first-order chi connectivity index (χ1) is 8.36. The monoisotopic (exact) mass is 246 g/mol. The minimum atomic E-state index is -0.0717. The maximum Gasteiger partial charge on any atom is 0.136 e. The summed E-state index contributed by atoms with van der Waals surface area (Å²) in [6.07, 6.45) is 7.03. The van der Waals surface area contributed by atoms with E-state index in [0.717, 1.165) is 19.0 Å². The van der Waals surface area contributed by atoms with Crippen LogP contribution >= 0.6 is 7.92 Å². The summed E-state index contributed by atoms with van der Waals surface area (Å²) in [4.78, 5) is 12.0. The number of rotatable bonds is 1. The van der Waals surface area contributed by atoms with Crippen molar-refractivity contribution in [3.05, 3.63) is 30.3 Å². The van der Waals surface area contributed by atoms with Crippen molar-refractivity contribution in [2.75, 3.05) is 6.16 Å². The summed E-state index contributed by atoms with van der Waals surface area (Å²) < 4.78 is 0. The van der Waals surface area contributed by atoms with Crippen LogP contribution in [0.25, 0.3) is 0 Å². The highest BCUT2D eigenvalue weighted by Gasteiger charge is 2.39. The average Bonchev–Trinajstić information content (AvgIpc) is 2.41. The average molecular weight is 246 g/mol. The van der Waals surface area contributed by atoms with Gasteiger partial charge < -0.3 is 0 Å². The molecule has 3 rings (SSSR count). The van der Waals surface area contributed by atoms with Gasteiger partial charge in [0.25, 0.3) is 0 Å². The predicted octanol–water partition coefficient (Wildman–Crippen LogP) is 3.33. The standard InChI is InChI=1S/C15H19OP/c16-14-10-11-17(12-6-2-1-3-7-12)15-9-5-4-8-13(14)15/h1-3,6-7,13,15H,4-5,8-11H2. The summed E-state index contributed by atoms with van der Waals surface area (Å²) in [6, 6.07) is 10.9. The maximum atomic E-state index is 12.0. The molecule has 1 aliphatic carbocycles. The van der Waals surface area contributed by atoms with Crippen LogP contribution in [0.4, 0.5) is 0 Å². The van der Waals surface area contributed by atoms with Gasteiger partial charge in [0.1, 0.15) is 5.78 Å². The Balaban J connectivity index is 1.87. The van der Waals surface area contributed by atoms with Crippen LogP contribution in [-0.2, 0) is 4.79 Å². The van der Waals surface area contributed by atoms with Gasteiger partial charge in [0, 0.05) is 12.3 Å². The first-order valence-corrected chi connectivity index (χ1v) is 8.30. The van der Waals surface area contributed by atoms with E-state index in [1.165, 1.54) is 24.6 Å². The Morgan fingerprint density at radius 1 is 1.06 bits per heavy atom. The number of fused-ring (bicyclic) bond motifs is 1. The molecule has 17 heavy (non-hydrogen) atoms. The summed E-state index contributed by atoms with van der Waals surface area (Å²) in [5.41, 5.74) is 0.697. The summed E-state index contributed by atoms with van der Waals surface area (Å²) in [5, 5.41) is 1.52. The van der Waals surface area contributed by atoms with Crippen LogP contribution in [0.3, 0.4) is 0 Å². The molecule has 1 aromatic rings. The fourth-order valence-electron chi connectivity index (χ4n) is 3.38. The number of ketones is 1. The molecule has 1 aliphatic heterocycles. The Labute approximate surface area is 104 Å². The van der Waals surface area contributed by atoms with Gasteiger partial charge in [0.05, 0.1) is 0 Å². The molecule has 1 heterocycles. The van der Waals surface area contributed by atoms with Gasteiger partial charge >= 0.3 is 0 Å². The lowest BCUT2D eigenvalue weighted by Gasteiger charge is -2.40. The van der Waals surface area contributed by atoms with Crippen LogP contribution in [0.5, 0.6) is 0 Å². The van der Waals surface area contributed by atoms with Gasteiger partial charge in [-0.3, -0.25) is 4.79 Å². The Hall–Kier alpha value is -0.680. The Morgan fingerprint density at radius 3 is 2.65 bits per heavy atom. The fraction of sp³-hybridized carbons (Fsp3) is 0.533. The zero-order valence-electron chi connectivity index (χ0n) is 10.1. The number of hydrogen-bond donors (Lipinski definition) is 0. The Morgan fingerprint density at radius 2 is 1.82 bits per heavy atom. The van der Waals surface area contributed by atoms with Crippen molar-refractivity contribution in [3.63, 3.8) is 0 Å². The maximum absolute atomic E-state index is 12.0. The second-order valence-electron chi connectivity index (χ2n) is 5.20. The minimum Gasteiger partial charge on any atom is -0.299 e. The van der Waals surface area contributed by atoms with Crippen molar-refractivity contribution in [3.8, 4) is 0 Å². The minimum absolute atomic E-state index is 0.0717. The smallest absolute Gasteiger partial charge is 0.136 e. The van der Waals surface area contributed by atoms with Crippen LogP contribution in [0, 0.1) is 5.92 Å². The second-order valence-corrected chi connectivity index (χ2v) is 7.77. The van der Waals surface area contributed by atoms with Gasteiger partial charge in [-0.25, -0.2) is 0 Å². The molecule has 0 N–H and O–H groups in total.